The number of alkyl halides is 1. The van der Waals surface area contributed by atoms with E-state index in [0.29, 0.717) is 58.7 Å². The molecule has 11 nitrogen and oxygen atoms in total. The lowest BCUT2D eigenvalue weighted by atomic mass is 9.71. The van der Waals surface area contributed by atoms with Gasteiger partial charge in [-0.05, 0) is 56.8 Å². The highest BCUT2D eigenvalue weighted by Gasteiger charge is 2.56. The number of phenols is 1. The third kappa shape index (κ3) is 5.73. The second-order valence-electron chi connectivity index (χ2n) is 13.5. The van der Waals surface area contributed by atoms with E-state index in [1.165, 1.54) is 0 Å². The van der Waals surface area contributed by atoms with E-state index in [1.807, 2.05) is 51.2 Å². The molecule has 3 aromatic carbocycles. The highest BCUT2D eigenvalue weighted by molar-refractivity contribution is 14.1. The van der Waals surface area contributed by atoms with Crippen molar-refractivity contribution in [3.05, 3.63) is 75.3 Å². The molecule has 4 aliphatic heterocycles. The number of rotatable bonds is 9. The summed E-state index contributed by atoms with van der Waals surface area (Å²) in [6.45, 7) is 3.97. The van der Waals surface area contributed by atoms with Crippen LogP contribution < -0.4 is 24.3 Å². The smallest absolute Gasteiger partial charge is 0.311 e. The van der Waals surface area contributed by atoms with Crippen molar-refractivity contribution in [3.8, 4) is 34.8 Å². The van der Waals surface area contributed by atoms with Gasteiger partial charge >= 0.3 is 5.97 Å². The average Bonchev–Trinajstić information content (AvgIpc) is 3.59. The fourth-order valence-electron chi connectivity index (χ4n) is 8.61. The molecule has 3 aromatic rings. The van der Waals surface area contributed by atoms with Crippen molar-refractivity contribution in [2.24, 2.45) is 0 Å². The van der Waals surface area contributed by atoms with Crippen molar-refractivity contribution in [2.45, 2.75) is 76.2 Å². The highest BCUT2D eigenvalue weighted by atomic mass is 127. The number of hydrogen-bond donors (Lipinski definition) is 2. The molecule has 12 heteroatoms. The summed E-state index contributed by atoms with van der Waals surface area (Å²) in [5, 5.41) is 25.9. The summed E-state index contributed by atoms with van der Waals surface area (Å²) in [6.07, 6.45) is 2.08. The maximum Gasteiger partial charge on any atom is 0.311 e. The molecule has 1 saturated heterocycles. The lowest BCUT2D eigenvalue weighted by Crippen LogP contribution is -2.68. The van der Waals surface area contributed by atoms with Crippen molar-refractivity contribution in [1.29, 1.82) is 5.26 Å². The number of phenolic OH excluding ortho intramolecular Hbond substituents is 1. The Kier molecular flexibility index (Phi) is 9.58. The van der Waals surface area contributed by atoms with Gasteiger partial charge in [-0.25, -0.2) is 0 Å². The minimum absolute atomic E-state index is 0.00338. The number of aromatic hydroxyl groups is 1. The molecule has 0 radical (unpaired) electrons. The van der Waals surface area contributed by atoms with Crippen LogP contribution in [0.25, 0.3) is 0 Å². The van der Waals surface area contributed by atoms with Crippen LogP contribution >= 0.6 is 22.6 Å². The molecule has 1 fully saturated rings. The number of ether oxygens (including phenoxy) is 4. The number of likely N-dealkylation sites (N-methyl/N-ethyl adjacent to an activating group) is 1. The van der Waals surface area contributed by atoms with Gasteiger partial charge in [0.25, 0.3) is 0 Å². The number of piperazine rings is 1. The van der Waals surface area contributed by atoms with Gasteiger partial charge in [0, 0.05) is 51.7 Å². The summed E-state index contributed by atoms with van der Waals surface area (Å²) in [6, 6.07) is 12.6. The van der Waals surface area contributed by atoms with Crippen LogP contribution in [0.15, 0.2) is 36.4 Å². The molecule has 0 aromatic heterocycles. The number of carbonyl (C=O) groups excluding carboxylic acids is 2. The third-order valence-corrected chi connectivity index (χ3v) is 11.3. The Morgan fingerprint density at radius 1 is 1.08 bits per heavy atom. The van der Waals surface area contributed by atoms with Crippen molar-refractivity contribution in [1.82, 2.24) is 15.1 Å². The molecular formula is C38H41IN4O7. The molecule has 1 unspecified atom stereocenters. The molecule has 4 aliphatic rings. The average molecular weight is 793 g/mol. The molecule has 7 rings (SSSR count). The lowest BCUT2D eigenvalue weighted by Gasteiger charge is -2.60. The van der Waals surface area contributed by atoms with Crippen LogP contribution in [-0.4, -0.2) is 76.8 Å². The van der Waals surface area contributed by atoms with E-state index in [0.717, 1.165) is 33.4 Å². The second-order valence-corrected chi connectivity index (χ2v) is 14.5. The molecule has 0 spiro atoms. The normalized spacial score (nSPS) is 23.2. The van der Waals surface area contributed by atoms with Crippen molar-refractivity contribution < 1.29 is 33.6 Å². The summed E-state index contributed by atoms with van der Waals surface area (Å²) in [5.74, 6) is 1.54. The SMILES string of the molecule is COc1c(C)cc2c(c1O)[C@@H]1C3Cc4c(OC(=O)CCI)c(C)c5c(c4[C@H](CNC(=O)CCc4ccccc4)N3[C@@H](C#N)[C@H](C2)N1C)OCO5. The Labute approximate surface area is 305 Å². The highest BCUT2D eigenvalue weighted by Crippen LogP contribution is 2.58. The van der Waals surface area contributed by atoms with Gasteiger partial charge in [-0.1, -0.05) is 59.0 Å². The first kappa shape index (κ1) is 34.4. The van der Waals surface area contributed by atoms with E-state index in [2.05, 4.69) is 49.8 Å². The molecule has 2 bridgehead atoms. The summed E-state index contributed by atoms with van der Waals surface area (Å²) in [5.41, 5.74) is 5.87. The Morgan fingerprint density at radius 3 is 2.56 bits per heavy atom. The lowest BCUT2D eigenvalue weighted by molar-refractivity contribution is -0.134. The molecule has 1 amide bonds. The quantitative estimate of drug-likeness (QED) is 0.132. The first-order chi connectivity index (χ1) is 24.2. The van der Waals surface area contributed by atoms with Gasteiger partial charge in [0.2, 0.25) is 12.7 Å². The first-order valence-corrected chi connectivity index (χ1v) is 18.5. The number of benzene rings is 3. The van der Waals surface area contributed by atoms with Crippen molar-refractivity contribution in [2.75, 3.05) is 31.9 Å². The summed E-state index contributed by atoms with van der Waals surface area (Å²) in [4.78, 5) is 30.9. The fourth-order valence-corrected chi connectivity index (χ4v) is 9.05. The first-order valence-electron chi connectivity index (χ1n) is 17.0. The standard InChI is InChI=1S/C38H41IN4O7/c1-20-14-23-15-25-27(17-40)43-26(33(42(25)3)31(23)34(46)35(20)47-4)16-24-32(28(43)18-41-29(44)11-10-22-8-6-5-7-9-22)38-37(48-19-49-38)21(2)36(24)50-30(45)12-13-39/h5-9,14,25-28,33,46H,10-13,15-16,18-19H2,1-4H3,(H,41,44)/t25-,26?,27-,28-,33-/m0/s1. The molecule has 0 saturated carbocycles. The number of amides is 1. The van der Waals surface area contributed by atoms with E-state index in [9.17, 15) is 20.0 Å². The van der Waals surface area contributed by atoms with Gasteiger partial charge in [0.05, 0.1) is 31.7 Å². The van der Waals surface area contributed by atoms with Gasteiger partial charge < -0.3 is 29.4 Å². The predicted molar refractivity (Wildman–Crippen MR) is 193 cm³/mol. The maximum absolute atomic E-state index is 13.4. The number of carbonyl (C=O) groups is 2. The largest absolute Gasteiger partial charge is 0.504 e. The van der Waals surface area contributed by atoms with E-state index in [4.69, 9.17) is 18.9 Å². The summed E-state index contributed by atoms with van der Waals surface area (Å²) >= 11 is 2.16. The number of methoxy groups -OCH3 is 1. The third-order valence-electron chi connectivity index (χ3n) is 10.8. The van der Waals surface area contributed by atoms with E-state index in [1.54, 1.807) is 7.11 Å². The van der Waals surface area contributed by atoms with Crippen LogP contribution in [0.1, 0.15) is 63.9 Å². The minimum Gasteiger partial charge on any atom is -0.504 e. The zero-order chi connectivity index (χ0) is 35.3. The van der Waals surface area contributed by atoms with E-state index >= 15 is 0 Å². The number of aryl methyl sites for hydroxylation is 2. The number of nitrogens with zero attached hydrogens (tertiary/aromatic N) is 3. The Morgan fingerprint density at radius 2 is 1.84 bits per heavy atom. The zero-order valence-electron chi connectivity index (χ0n) is 28.6. The topological polar surface area (TPSA) is 134 Å². The molecule has 262 valence electrons. The summed E-state index contributed by atoms with van der Waals surface area (Å²) < 4.78 is 24.6. The number of nitriles is 1. The van der Waals surface area contributed by atoms with Crippen molar-refractivity contribution >= 4 is 34.5 Å². The monoisotopic (exact) mass is 792 g/mol. The van der Waals surface area contributed by atoms with Crippen LogP contribution in [0.3, 0.4) is 0 Å². The van der Waals surface area contributed by atoms with E-state index in [-0.39, 0.29) is 55.5 Å². The zero-order valence-corrected chi connectivity index (χ0v) is 30.8. The maximum atomic E-state index is 13.4. The Balaban J connectivity index is 1.37. The van der Waals surface area contributed by atoms with Gasteiger partial charge in [0.1, 0.15) is 11.8 Å². The number of esters is 1. The van der Waals surface area contributed by atoms with Gasteiger partial charge in [-0.15, -0.1) is 0 Å². The molecule has 0 aliphatic carbocycles. The second kappa shape index (κ2) is 13.9. The van der Waals surface area contributed by atoms with Gasteiger partial charge in [-0.3, -0.25) is 19.4 Å². The Bertz CT molecular complexity index is 1880. The van der Waals surface area contributed by atoms with Crippen molar-refractivity contribution in [3.63, 3.8) is 0 Å². The molecule has 4 heterocycles. The van der Waals surface area contributed by atoms with E-state index < -0.39 is 12.1 Å². The van der Waals surface area contributed by atoms with Crippen LogP contribution in [0.2, 0.25) is 0 Å². The number of hydrogen-bond acceptors (Lipinski definition) is 10. The molecular weight excluding hydrogens is 751 g/mol. The molecule has 50 heavy (non-hydrogen) atoms. The number of nitrogens with one attached hydrogen (secondary N) is 1. The van der Waals surface area contributed by atoms with Crippen LogP contribution in [0.4, 0.5) is 0 Å². The molecule has 5 atom stereocenters. The molecule has 2 N–H and O–H groups in total. The fraction of sp³-hybridized carbons (Fsp3) is 0.447. The van der Waals surface area contributed by atoms with Gasteiger partial charge in [0.15, 0.2) is 23.0 Å². The summed E-state index contributed by atoms with van der Waals surface area (Å²) in [7, 11) is 3.56. The number of halogens is 1. The Hall–Kier alpha value is -4.06. The minimum atomic E-state index is -0.567. The van der Waals surface area contributed by atoms with Crippen LogP contribution in [0, 0.1) is 25.2 Å². The van der Waals surface area contributed by atoms with Gasteiger partial charge in [-0.2, -0.15) is 5.26 Å². The van der Waals surface area contributed by atoms with Crippen LogP contribution in [-0.2, 0) is 28.9 Å². The number of fused-ring (bicyclic) bond motifs is 9. The predicted octanol–water partition coefficient (Wildman–Crippen LogP) is 5.00. The van der Waals surface area contributed by atoms with Crippen LogP contribution in [0.5, 0.6) is 28.7 Å².